The molecule has 15 heavy (non-hydrogen) atoms. The molecule has 1 unspecified atom stereocenters. The Morgan fingerprint density at radius 1 is 1.67 bits per heavy atom. The van der Waals surface area contributed by atoms with Crippen LogP contribution in [0.4, 0.5) is 0 Å². The van der Waals surface area contributed by atoms with Gasteiger partial charge in [0.05, 0.1) is 8.66 Å². The van der Waals surface area contributed by atoms with Gasteiger partial charge in [-0.25, -0.2) is 0 Å². The molecule has 84 valence electrons. The van der Waals surface area contributed by atoms with Crippen LogP contribution in [0, 0.1) is 0 Å². The molecule has 0 aromatic carbocycles. The van der Waals surface area contributed by atoms with Crippen LogP contribution in [0.2, 0.25) is 0 Å². The maximum atomic E-state index is 11.7. The van der Waals surface area contributed by atoms with E-state index in [1.54, 1.807) is 7.11 Å². The van der Waals surface area contributed by atoms with Crippen LogP contribution in [-0.2, 0) is 4.74 Å². The average molecular weight is 292 g/mol. The number of halogens is 1. The maximum absolute atomic E-state index is 11.7. The maximum Gasteiger partial charge on any atom is 0.174 e. The molecule has 0 radical (unpaired) electrons. The van der Waals surface area contributed by atoms with E-state index in [0.29, 0.717) is 13.0 Å². The molecule has 0 bridgehead atoms. The molecule has 1 atom stereocenters. The molecule has 0 aliphatic heterocycles. The second-order valence-corrected chi connectivity index (χ2v) is 5.74. The molecule has 3 nitrogen and oxygen atoms in total. The predicted molar refractivity (Wildman–Crippen MR) is 65.4 cm³/mol. The summed E-state index contributed by atoms with van der Waals surface area (Å²) in [7, 11) is 1.63. The van der Waals surface area contributed by atoms with Crippen LogP contribution in [0.1, 0.15) is 22.5 Å². The third kappa shape index (κ3) is 4.42. The van der Waals surface area contributed by atoms with E-state index < -0.39 is 0 Å². The number of hydrogen-bond acceptors (Lipinski definition) is 4. The zero-order valence-electron chi connectivity index (χ0n) is 8.53. The molecule has 1 aromatic heterocycles. The Balaban J connectivity index is 2.42. The van der Waals surface area contributed by atoms with Crippen molar-refractivity contribution in [1.82, 2.24) is 0 Å². The molecule has 0 fully saturated rings. The summed E-state index contributed by atoms with van der Waals surface area (Å²) in [5.41, 5.74) is 5.80. The number of methoxy groups -OCH3 is 1. The molecule has 1 aromatic rings. The first-order chi connectivity index (χ1) is 7.13. The normalized spacial score (nSPS) is 12.7. The molecule has 0 aliphatic rings. The average Bonchev–Trinajstić information content (AvgIpc) is 2.61. The second kappa shape index (κ2) is 6.37. The Bertz CT molecular complexity index is 327. The highest BCUT2D eigenvalue weighted by molar-refractivity contribution is 9.11. The molecule has 5 heteroatoms. The SMILES string of the molecule is COCCC(N)CC(=O)c1ccc(Br)s1. The molecule has 1 heterocycles. The summed E-state index contributed by atoms with van der Waals surface area (Å²) >= 11 is 4.77. The van der Waals surface area contributed by atoms with E-state index in [4.69, 9.17) is 10.5 Å². The highest BCUT2D eigenvalue weighted by atomic mass is 79.9. The van der Waals surface area contributed by atoms with E-state index in [1.807, 2.05) is 12.1 Å². The first-order valence-corrected chi connectivity index (χ1v) is 6.27. The molecular formula is C10H14BrNO2S. The Hall–Kier alpha value is -0.230. The van der Waals surface area contributed by atoms with Gasteiger partial charge in [-0.2, -0.15) is 0 Å². The van der Waals surface area contributed by atoms with Crippen LogP contribution >= 0.6 is 27.3 Å². The van der Waals surface area contributed by atoms with Gasteiger partial charge < -0.3 is 10.5 Å². The van der Waals surface area contributed by atoms with E-state index in [9.17, 15) is 4.79 Å². The number of carbonyl (C=O) groups excluding carboxylic acids is 1. The van der Waals surface area contributed by atoms with Crippen molar-refractivity contribution in [2.24, 2.45) is 5.73 Å². The van der Waals surface area contributed by atoms with Crippen molar-refractivity contribution in [2.45, 2.75) is 18.9 Å². The van der Waals surface area contributed by atoms with Crippen molar-refractivity contribution in [2.75, 3.05) is 13.7 Å². The lowest BCUT2D eigenvalue weighted by Crippen LogP contribution is -2.25. The number of ketones is 1. The quantitative estimate of drug-likeness (QED) is 0.819. The third-order valence-corrected chi connectivity index (χ3v) is 3.65. The van der Waals surface area contributed by atoms with Gasteiger partial charge in [0.25, 0.3) is 0 Å². The second-order valence-electron chi connectivity index (χ2n) is 3.27. The Morgan fingerprint density at radius 3 is 2.93 bits per heavy atom. The number of hydrogen-bond donors (Lipinski definition) is 1. The van der Waals surface area contributed by atoms with Gasteiger partial charge >= 0.3 is 0 Å². The van der Waals surface area contributed by atoms with Crippen LogP contribution in [0.25, 0.3) is 0 Å². The monoisotopic (exact) mass is 291 g/mol. The lowest BCUT2D eigenvalue weighted by molar-refractivity contribution is 0.0971. The lowest BCUT2D eigenvalue weighted by atomic mass is 10.1. The first-order valence-electron chi connectivity index (χ1n) is 4.66. The highest BCUT2D eigenvalue weighted by Gasteiger charge is 2.13. The van der Waals surface area contributed by atoms with Crippen LogP contribution in [0.5, 0.6) is 0 Å². The van der Waals surface area contributed by atoms with Crippen LogP contribution in [-0.4, -0.2) is 25.5 Å². The Labute approximate surface area is 102 Å². The van der Waals surface area contributed by atoms with Crippen molar-refractivity contribution >= 4 is 33.0 Å². The molecule has 0 amide bonds. The molecule has 2 N–H and O–H groups in total. The van der Waals surface area contributed by atoms with Gasteiger partial charge in [0.15, 0.2) is 5.78 Å². The zero-order chi connectivity index (χ0) is 11.3. The fourth-order valence-corrected chi connectivity index (χ4v) is 2.51. The minimum Gasteiger partial charge on any atom is -0.385 e. The van der Waals surface area contributed by atoms with Crippen molar-refractivity contribution < 1.29 is 9.53 Å². The smallest absolute Gasteiger partial charge is 0.174 e. The van der Waals surface area contributed by atoms with Crippen molar-refractivity contribution in [3.05, 3.63) is 20.8 Å². The van der Waals surface area contributed by atoms with Crippen LogP contribution < -0.4 is 5.73 Å². The summed E-state index contributed by atoms with van der Waals surface area (Å²) < 4.78 is 5.88. The van der Waals surface area contributed by atoms with E-state index in [2.05, 4.69) is 15.9 Å². The summed E-state index contributed by atoms with van der Waals surface area (Å²) in [4.78, 5) is 12.5. The summed E-state index contributed by atoms with van der Waals surface area (Å²) in [6.07, 6.45) is 1.10. The predicted octanol–water partition coefficient (Wildman–Crippen LogP) is 2.45. The van der Waals surface area contributed by atoms with Gasteiger partial charge in [0, 0.05) is 26.2 Å². The summed E-state index contributed by atoms with van der Waals surface area (Å²) in [5.74, 6) is 0.106. The molecule has 0 spiro atoms. The number of thiophene rings is 1. The number of nitrogens with two attached hydrogens (primary N) is 1. The standard InChI is InChI=1S/C10H14BrNO2S/c1-14-5-4-7(12)6-8(13)9-2-3-10(11)15-9/h2-3,7H,4-6,12H2,1H3. The Kier molecular flexibility index (Phi) is 5.45. The van der Waals surface area contributed by atoms with Crippen LogP contribution in [0.3, 0.4) is 0 Å². The molecule has 0 saturated heterocycles. The Morgan fingerprint density at radius 2 is 2.40 bits per heavy atom. The first kappa shape index (κ1) is 12.8. The van der Waals surface area contributed by atoms with Crippen molar-refractivity contribution in [1.29, 1.82) is 0 Å². The van der Waals surface area contributed by atoms with Gasteiger partial charge in [-0.05, 0) is 34.5 Å². The van der Waals surface area contributed by atoms with E-state index in [-0.39, 0.29) is 11.8 Å². The van der Waals surface area contributed by atoms with Gasteiger partial charge in [-0.3, -0.25) is 4.79 Å². The fraction of sp³-hybridized carbons (Fsp3) is 0.500. The van der Waals surface area contributed by atoms with Gasteiger partial charge in [0.1, 0.15) is 0 Å². The third-order valence-electron chi connectivity index (χ3n) is 1.99. The number of carbonyl (C=O) groups is 1. The van der Waals surface area contributed by atoms with E-state index >= 15 is 0 Å². The largest absolute Gasteiger partial charge is 0.385 e. The zero-order valence-corrected chi connectivity index (χ0v) is 10.9. The number of Topliss-reactive ketones (excluding diaryl/α,β-unsaturated/α-hetero) is 1. The van der Waals surface area contributed by atoms with Gasteiger partial charge in [0.2, 0.25) is 0 Å². The van der Waals surface area contributed by atoms with Gasteiger partial charge in [-0.1, -0.05) is 0 Å². The minimum atomic E-state index is -0.113. The van der Waals surface area contributed by atoms with Gasteiger partial charge in [-0.15, -0.1) is 11.3 Å². The van der Waals surface area contributed by atoms with E-state index in [0.717, 1.165) is 15.1 Å². The molecule has 0 aliphatic carbocycles. The number of rotatable bonds is 6. The fourth-order valence-electron chi connectivity index (χ4n) is 1.17. The molecular weight excluding hydrogens is 278 g/mol. The lowest BCUT2D eigenvalue weighted by Gasteiger charge is -2.08. The van der Waals surface area contributed by atoms with Crippen molar-refractivity contribution in [3.63, 3.8) is 0 Å². The molecule has 1 rings (SSSR count). The molecule has 0 saturated carbocycles. The summed E-state index contributed by atoms with van der Waals surface area (Å²) in [6, 6.07) is 3.58. The topological polar surface area (TPSA) is 52.3 Å². The summed E-state index contributed by atoms with van der Waals surface area (Å²) in [6.45, 7) is 0.600. The van der Waals surface area contributed by atoms with Crippen molar-refractivity contribution in [3.8, 4) is 0 Å². The van der Waals surface area contributed by atoms with E-state index in [1.165, 1.54) is 11.3 Å². The summed E-state index contributed by atoms with van der Waals surface area (Å²) in [5, 5.41) is 0. The highest BCUT2D eigenvalue weighted by Crippen LogP contribution is 2.23. The number of ether oxygens (including phenoxy) is 1. The van der Waals surface area contributed by atoms with Crippen LogP contribution in [0.15, 0.2) is 15.9 Å². The minimum absolute atomic E-state index is 0.106.